The van der Waals surface area contributed by atoms with Gasteiger partial charge >= 0.3 is 5.69 Å². The average molecular weight is 397 g/mol. The Hall–Kier alpha value is -2.94. The second-order valence-electron chi connectivity index (χ2n) is 7.36. The van der Waals surface area contributed by atoms with E-state index < -0.39 is 0 Å². The summed E-state index contributed by atoms with van der Waals surface area (Å²) in [6.07, 6.45) is 1.47. The fraction of sp³-hybridized carbons (Fsp3) is 0.500. The molecule has 2 aliphatic heterocycles. The largest absolute Gasteiger partial charge is 0.368 e. The van der Waals surface area contributed by atoms with Gasteiger partial charge in [-0.25, -0.2) is 9.97 Å². The Kier molecular flexibility index (Phi) is 5.75. The van der Waals surface area contributed by atoms with Crippen molar-refractivity contribution in [3.63, 3.8) is 0 Å². The lowest BCUT2D eigenvalue weighted by Crippen LogP contribution is -2.48. The summed E-state index contributed by atoms with van der Waals surface area (Å²) < 4.78 is 0. The third-order valence-corrected chi connectivity index (χ3v) is 5.79. The van der Waals surface area contributed by atoms with Crippen LogP contribution in [0.2, 0.25) is 0 Å². The fourth-order valence-corrected chi connectivity index (χ4v) is 4.08. The van der Waals surface area contributed by atoms with E-state index in [4.69, 9.17) is 0 Å². The minimum atomic E-state index is -0.319. The number of nitro groups is 1. The molecule has 3 heterocycles. The van der Waals surface area contributed by atoms with Gasteiger partial charge in [-0.1, -0.05) is 25.1 Å². The molecule has 2 saturated heterocycles. The first-order chi connectivity index (χ1) is 14.2. The predicted molar refractivity (Wildman–Crippen MR) is 114 cm³/mol. The maximum Gasteiger partial charge on any atom is 0.353 e. The Bertz CT molecular complexity index is 832. The van der Waals surface area contributed by atoms with E-state index in [1.807, 2.05) is 28.0 Å². The Morgan fingerprint density at radius 1 is 0.862 bits per heavy atom. The number of hydrogen-bond donors (Lipinski definition) is 0. The van der Waals surface area contributed by atoms with Crippen molar-refractivity contribution in [1.29, 1.82) is 0 Å². The van der Waals surface area contributed by atoms with E-state index >= 15 is 0 Å². The maximum atomic E-state index is 12.0. The quantitative estimate of drug-likeness (QED) is 0.559. The minimum absolute atomic E-state index is 0.0330. The number of aromatic nitrogens is 2. The van der Waals surface area contributed by atoms with Crippen LogP contribution >= 0.6 is 0 Å². The van der Waals surface area contributed by atoms with Crippen molar-refractivity contribution in [1.82, 2.24) is 14.9 Å². The van der Waals surface area contributed by atoms with Crippen molar-refractivity contribution in [3.05, 3.63) is 46.8 Å². The lowest BCUT2D eigenvalue weighted by Gasteiger charge is -2.37. The third-order valence-electron chi connectivity index (χ3n) is 5.79. The van der Waals surface area contributed by atoms with Crippen LogP contribution in [0.1, 0.15) is 6.92 Å². The first kappa shape index (κ1) is 19.4. The van der Waals surface area contributed by atoms with Gasteiger partial charge in [0.2, 0.25) is 11.6 Å². The first-order valence-corrected chi connectivity index (χ1v) is 10.2. The molecule has 0 atom stereocenters. The van der Waals surface area contributed by atoms with Crippen molar-refractivity contribution < 1.29 is 4.92 Å². The fourth-order valence-electron chi connectivity index (χ4n) is 4.08. The molecule has 0 amide bonds. The topological polar surface area (TPSA) is 81.9 Å². The summed E-state index contributed by atoms with van der Waals surface area (Å²) in [5.74, 6) is 0.881. The van der Waals surface area contributed by atoms with E-state index in [1.54, 1.807) is 0 Å². The molecule has 9 nitrogen and oxygen atoms in total. The zero-order valence-electron chi connectivity index (χ0n) is 16.8. The van der Waals surface area contributed by atoms with Crippen LogP contribution in [0.5, 0.6) is 0 Å². The maximum absolute atomic E-state index is 12.0. The van der Waals surface area contributed by atoms with Crippen molar-refractivity contribution in [2.75, 3.05) is 73.6 Å². The summed E-state index contributed by atoms with van der Waals surface area (Å²) in [7, 11) is 0. The SMILES string of the molecule is CCN1CCN(c2ncnc(N3CCN(c4ccccc4)CC3)c2[N+](=O)[O-])CC1. The first-order valence-electron chi connectivity index (χ1n) is 10.2. The molecular weight excluding hydrogens is 370 g/mol. The molecule has 0 saturated carbocycles. The molecule has 4 rings (SSSR count). The number of likely N-dealkylation sites (N-methyl/N-ethyl adjacent to an activating group) is 1. The zero-order chi connectivity index (χ0) is 20.2. The summed E-state index contributed by atoms with van der Waals surface area (Å²) in [6, 6.07) is 10.3. The van der Waals surface area contributed by atoms with Crippen LogP contribution in [0.25, 0.3) is 0 Å². The molecule has 0 unspecified atom stereocenters. The number of nitrogens with zero attached hydrogens (tertiary/aromatic N) is 7. The number of anilines is 3. The van der Waals surface area contributed by atoms with E-state index in [9.17, 15) is 10.1 Å². The van der Waals surface area contributed by atoms with Crippen LogP contribution in [0, 0.1) is 10.1 Å². The molecule has 0 N–H and O–H groups in total. The number of para-hydroxylation sites is 1. The molecule has 0 bridgehead atoms. The van der Waals surface area contributed by atoms with Crippen LogP contribution < -0.4 is 14.7 Å². The van der Waals surface area contributed by atoms with Gasteiger partial charge in [-0.05, 0) is 18.7 Å². The molecule has 1 aromatic heterocycles. The predicted octanol–water partition coefficient (Wildman–Crippen LogP) is 1.85. The second-order valence-corrected chi connectivity index (χ2v) is 7.36. The highest BCUT2D eigenvalue weighted by molar-refractivity contribution is 5.71. The molecule has 1 aromatic carbocycles. The van der Waals surface area contributed by atoms with Gasteiger partial charge in [-0.3, -0.25) is 10.1 Å². The molecule has 29 heavy (non-hydrogen) atoms. The molecule has 2 aromatic rings. The van der Waals surface area contributed by atoms with Gasteiger partial charge in [0.15, 0.2) is 0 Å². The van der Waals surface area contributed by atoms with Crippen LogP contribution in [0.15, 0.2) is 36.7 Å². The Labute approximate surface area is 170 Å². The molecular formula is C20H27N7O2. The van der Waals surface area contributed by atoms with Crippen LogP contribution in [0.3, 0.4) is 0 Å². The van der Waals surface area contributed by atoms with Gasteiger partial charge in [-0.15, -0.1) is 0 Å². The van der Waals surface area contributed by atoms with Gasteiger partial charge in [0.05, 0.1) is 4.92 Å². The number of benzene rings is 1. The average Bonchev–Trinajstić information content (AvgIpc) is 2.79. The minimum Gasteiger partial charge on any atom is -0.368 e. The van der Waals surface area contributed by atoms with Gasteiger partial charge in [-0.2, -0.15) is 0 Å². The number of rotatable bonds is 5. The Morgan fingerprint density at radius 2 is 1.38 bits per heavy atom. The zero-order valence-corrected chi connectivity index (χ0v) is 16.8. The highest BCUT2D eigenvalue weighted by atomic mass is 16.6. The molecule has 9 heteroatoms. The normalized spacial score (nSPS) is 18.2. The number of piperazine rings is 2. The highest BCUT2D eigenvalue weighted by Crippen LogP contribution is 2.35. The Morgan fingerprint density at radius 3 is 1.90 bits per heavy atom. The molecule has 2 aliphatic rings. The molecule has 0 aliphatic carbocycles. The lowest BCUT2D eigenvalue weighted by molar-refractivity contribution is -0.383. The van der Waals surface area contributed by atoms with Crippen LogP contribution in [-0.4, -0.2) is 78.7 Å². The van der Waals surface area contributed by atoms with Crippen molar-refractivity contribution in [3.8, 4) is 0 Å². The summed E-state index contributed by atoms with van der Waals surface area (Å²) in [4.78, 5) is 29.0. The van der Waals surface area contributed by atoms with Crippen molar-refractivity contribution in [2.24, 2.45) is 0 Å². The van der Waals surface area contributed by atoms with E-state index in [-0.39, 0.29) is 10.6 Å². The summed E-state index contributed by atoms with van der Waals surface area (Å²) in [5, 5.41) is 12.0. The van der Waals surface area contributed by atoms with Gasteiger partial charge in [0.1, 0.15) is 6.33 Å². The highest BCUT2D eigenvalue weighted by Gasteiger charge is 2.32. The van der Waals surface area contributed by atoms with Crippen LogP contribution in [-0.2, 0) is 0 Å². The van der Waals surface area contributed by atoms with Gasteiger partial charge in [0.25, 0.3) is 0 Å². The standard InChI is InChI=1S/C20H27N7O2/c1-2-23-8-10-25(11-9-23)19-18(27(28)29)20(22-16-21-19)26-14-12-24(13-15-26)17-6-4-3-5-7-17/h3-7,16H,2,8-15H2,1H3. The van der Waals surface area contributed by atoms with E-state index in [1.165, 1.54) is 12.0 Å². The summed E-state index contributed by atoms with van der Waals surface area (Å²) >= 11 is 0. The van der Waals surface area contributed by atoms with Crippen LogP contribution in [0.4, 0.5) is 23.0 Å². The molecule has 0 radical (unpaired) electrons. The number of hydrogen-bond acceptors (Lipinski definition) is 8. The Balaban J connectivity index is 1.53. The third kappa shape index (κ3) is 4.09. The second kappa shape index (κ2) is 8.60. The monoisotopic (exact) mass is 397 g/mol. The van der Waals surface area contributed by atoms with Crippen molar-refractivity contribution in [2.45, 2.75) is 6.92 Å². The molecule has 0 spiro atoms. The van der Waals surface area contributed by atoms with Gasteiger partial charge in [0, 0.05) is 58.0 Å². The summed E-state index contributed by atoms with van der Waals surface area (Å²) in [6.45, 7) is 9.38. The van der Waals surface area contributed by atoms with E-state index in [0.29, 0.717) is 24.7 Å². The summed E-state index contributed by atoms with van der Waals surface area (Å²) in [5.41, 5.74) is 1.21. The molecule has 154 valence electrons. The van der Waals surface area contributed by atoms with Gasteiger partial charge < -0.3 is 19.6 Å². The molecule has 2 fully saturated rings. The van der Waals surface area contributed by atoms with Crippen molar-refractivity contribution >= 4 is 23.0 Å². The van der Waals surface area contributed by atoms with E-state index in [0.717, 1.165) is 45.8 Å². The lowest BCUT2D eigenvalue weighted by atomic mass is 10.2. The smallest absolute Gasteiger partial charge is 0.353 e. The van der Waals surface area contributed by atoms with E-state index in [2.05, 4.69) is 38.8 Å².